The minimum atomic E-state index is -1.17. The molecule has 0 aliphatic heterocycles. The minimum Gasteiger partial charge on any atom is -0.458 e. The number of benzene rings is 1. The molecule has 0 saturated heterocycles. The predicted molar refractivity (Wildman–Crippen MR) is 62.4 cm³/mol. The van der Waals surface area contributed by atoms with E-state index in [9.17, 15) is 14.0 Å². The highest BCUT2D eigenvalue weighted by molar-refractivity contribution is 5.78. The van der Waals surface area contributed by atoms with Crippen LogP contribution in [-0.2, 0) is 25.7 Å². The van der Waals surface area contributed by atoms with E-state index in [-0.39, 0.29) is 13.0 Å². The zero-order valence-corrected chi connectivity index (χ0v) is 10.1. The maximum Gasteiger partial charge on any atom is 0.347 e. The first-order valence-corrected chi connectivity index (χ1v) is 5.57. The number of carbonyl (C=O) groups excluding carboxylic acids is 2. The van der Waals surface area contributed by atoms with Gasteiger partial charge in [0.2, 0.25) is 6.10 Å². The molecule has 1 aromatic carbocycles. The second-order valence-electron chi connectivity index (χ2n) is 3.67. The molecule has 0 fully saturated rings. The summed E-state index contributed by atoms with van der Waals surface area (Å²) in [6.45, 7) is 0.484. The fraction of sp³-hybridized carbons (Fsp3) is 0.385. The summed E-state index contributed by atoms with van der Waals surface area (Å²) in [4.78, 5) is 22.3. The van der Waals surface area contributed by atoms with Crippen LogP contribution in [0.3, 0.4) is 0 Å². The van der Waals surface area contributed by atoms with Gasteiger partial charge in [-0.05, 0) is 5.56 Å². The van der Waals surface area contributed by atoms with Crippen molar-refractivity contribution in [3.63, 3.8) is 0 Å². The third kappa shape index (κ3) is 4.95. The van der Waals surface area contributed by atoms with Gasteiger partial charge in [-0.15, -0.1) is 0 Å². The molecule has 0 aliphatic carbocycles. The van der Waals surface area contributed by atoms with E-state index in [1.165, 1.54) is 0 Å². The van der Waals surface area contributed by atoms with Gasteiger partial charge in [0, 0.05) is 13.3 Å². The number of hydrogen-bond donors (Lipinski definition) is 0. The van der Waals surface area contributed by atoms with E-state index >= 15 is 0 Å². The topological polar surface area (TPSA) is 52.6 Å². The van der Waals surface area contributed by atoms with Crippen molar-refractivity contribution in [2.75, 3.05) is 6.67 Å². The second kappa shape index (κ2) is 7.42. The lowest BCUT2D eigenvalue weighted by Gasteiger charge is -2.14. The second-order valence-corrected chi connectivity index (χ2v) is 3.67. The van der Waals surface area contributed by atoms with E-state index in [0.717, 1.165) is 12.5 Å². The van der Waals surface area contributed by atoms with Crippen molar-refractivity contribution in [1.82, 2.24) is 0 Å². The zero-order chi connectivity index (χ0) is 13.4. The summed E-state index contributed by atoms with van der Waals surface area (Å²) >= 11 is 0. The van der Waals surface area contributed by atoms with Gasteiger partial charge in [-0.25, -0.2) is 4.79 Å². The summed E-state index contributed by atoms with van der Waals surface area (Å²) in [6.07, 6.45) is -1.36. The van der Waals surface area contributed by atoms with Gasteiger partial charge in [-0.2, -0.15) is 0 Å². The Morgan fingerprint density at radius 2 is 1.94 bits per heavy atom. The Morgan fingerprint density at radius 3 is 2.50 bits per heavy atom. The first kappa shape index (κ1) is 14.2. The molecule has 0 spiro atoms. The van der Waals surface area contributed by atoms with Crippen molar-refractivity contribution >= 4 is 11.9 Å². The Hall–Kier alpha value is -1.91. The number of halogens is 1. The average molecular weight is 254 g/mol. The van der Waals surface area contributed by atoms with Gasteiger partial charge in [-0.1, -0.05) is 30.3 Å². The van der Waals surface area contributed by atoms with Crippen LogP contribution < -0.4 is 0 Å². The SMILES string of the molecule is CC(=O)O[C@@H](CCF)C(=O)OCc1ccccc1. The van der Waals surface area contributed by atoms with Gasteiger partial charge in [0.15, 0.2) is 0 Å². The van der Waals surface area contributed by atoms with Crippen LogP contribution in [0.4, 0.5) is 4.39 Å². The van der Waals surface area contributed by atoms with E-state index in [1.54, 1.807) is 12.1 Å². The molecule has 0 amide bonds. The molecule has 0 N–H and O–H groups in total. The lowest BCUT2D eigenvalue weighted by atomic mass is 10.2. The summed E-state index contributed by atoms with van der Waals surface area (Å²) in [5, 5.41) is 0. The van der Waals surface area contributed by atoms with Crippen LogP contribution in [0.5, 0.6) is 0 Å². The van der Waals surface area contributed by atoms with Crippen LogP contribution >= 0.6 is 0 Å². The summed E-state index contributed by atoms with van der Waals surface area (Å²) in [5.41, 5.74) is 0.813. The molecule has 0 heterocycles. The highest BCUT2D eigenvalue weighted by Gasteiger charge is 2.22. The minimum absolute atomic E-state index is 0.0731. The molecule has 0 unspecified atom stereocenters. The number of hydrogen-bond acceptors (Lipinski definition) is 4. The Labute approximate surface area is 105 Å². The molecular weight excluding hydrogens is 239 g/mol. The standard InChI is InChI=1S/C13H15FO4/c1-10(15)18-12(7-8-14)13(16)17-9-11-5-3-2-4-6-11/h2-6,12H,7-9H2,1H3/t12-/m0/s1. The van der Waals surface area contributed by atoms with E-state index in [1.807, 2.05) is 18.2 Å². The molecule has 0 bridgehead atoms. The van der Waals surface area contributed by atoms with Gasteiger partial charge in [0.1, 0.15) is 6.61 Å². The van der Waals surface area contributed by atoms with Gasteiger partial charge in [0.25, 0.3) is 0 Å². The molecule has 4 nitrogen and oxygen atoms in total. The molecule has 1 rings (SSSR count). The van der Waals surface area contributed by atoms with E-state index in [4.69, 9.17) is 4.74 Å². The Kier molecular flexibility index (Phi) is 5.84. The van der Waals surface area contributed by atoms with Gasteiger partial charge < -0.3 is 9.47 Å². The lowest BCUT2D eigenvalue weighted by Crippen LogP contribution is -2.28. The largest absolute Gasteiger partial charge is 0.458 e. The highest BCUT2D eigenvalue weighted by atomic mass is 19.1. The van der Waals surface area contributed by atoms with Crippen LogP contribution in [0.2, 0.25) is 0 Å². The molecule has 1 aromatic rings. The number of rotatable bonds is 6. The molecule has 5 heteroatoms. The Balaban J connectivity index is 2.48. The van der Waals surface area contributed by atoms with Crippen molar-refractivity contribution in [2.24, 2.45) is 0 Å². The molecule has 1 atom stereocenters. The fourth-order valence-electron chi connectivity index (χ4n) is 1.35. The van der Waals surface area contributed by atoms with Crippen molar-refractivity contribution in [3.8, 4) is 0 Å². The van der Waals surface area contributed by atoms with E-state index < -0.39 is 24.7 Å². The number of ether oxygens (including phenoxy) is 2. The van der Waals surface area contributed by atoms with Crippen molar-refractivity contribution < 1.29 is 23.5 Å². The number of carbonyl (C=O) groups is 2. The smallest absolute Gasteiger partial charge is 0.347 e. The summed E-state index contributed by atoms with van der Waals surface area (Å²) in [6, 6.07) is 9.06. The van der Waals surface area contributed by atoms with Crippen LogP contribution in [0, 0.1) is 0 Å². The molecular formula is C13H15FO4. The molecule has 0 saturated carbocycles. The number of esters is 2. The zero-order valence-electron chi connectivity index (χ0n) is 10.1. The molecule has 18 heavy (non-hydrogen) atoms. The molecule has 0 aliphatic rings. The van der Waals surface area contributed by atoms with E-state index in [0.29, 0.717) is 0 Å². The van der Waals surface area contributed by atoms with Crippen molar-refractivity contribution in [3.05, 3.63) is 35.9 Å². The van der Waals surface area contributed by atoms with Crippen LogP contribution in [0.1, 0.15) is 18.9 Å². The molecule has 0 radical (unpaired) electrons. The normalized spacial score (nSPS) is 11.7. The van der Waals surface area contributed by atoms with Crippen LogP contribution in [0.25, 0.3) is 0 Å². The van der Waals surface area contributed by atoms with Crippen molar-refractivity contribution in [2.45, 2.75) is 26.1 Å². The summed E-state index contributed by atoms with van der Waals surface area (Å²) in [7, 11) is 0. The third-order valence-electron chi connectivity index (χ3n) is 2.17. The van der Waals surface area contributed by atoms with Crippen LogP contribution in [-0.4, -0.2) is 24.7 Å². The first-order valence-electron chi connectivity index (χ1n) is 5.57. The summed E-state index contributed by atoms with van der Waals surface area (Å²) in [5.74, 6) is -1.36. The predicted octanol–water partition coefficient (Wildman–Crippen LogP) is 2.02. The number of alkyl halides is 1. The Morgan fingerprint density at radius 1 is 1.28 bits per heavy atom. The maximum atomic E-state index is 12.2. The van der Waals surface area contributed by atoms with Crippen LogP contribution in [0.15, 0.2) is 30.3 Å². The van der Waals surface area contributed by atoms with E-state index in [2.05, 4.69) is 4.74 Å². The van der Waals surface area contributed by atoms with Gasteiger partial charge in [0.05, 0.1) is 6.67 Å². The fourth-order valence-corrected chi connectivity index (χ4v) is 1.35. The first-order chi connectivity index (χ1) is 8.63. The molecule has 0 aromatic heterocycles. The lowest BCUT2D eigenvalue weighted by molar-refractivity contribution is -0.168. The maximum absolute atomic E-state index is 12.2. The van der Waals surface area contributed by atoms with Crippen molar-refractivity contribution in [1.29, 1.82) is 0 Å². The quantitative estimate of drug-likeness (QED) is 0.729. The van der Waals surface area contributed by atoms with Gasteiger partial charge >= 0.3 is 11.9 Å². The third-order valence-corrected chi connectivity index (χ3v) is 2.17. The summed E-state index contributed by atoms with van der Waals surface area (Å²) < 4.78 is 21.9. The highest BCUT2D eigenvalue weighted by Crippen LogP contribution is 2.06. The average Bonchev–Trinajstić information content (AvgIpc) is 2.36. The molecule has 98 valence electrons. The monoisotopic (exact) mass is 254 g/mol. The Bertz CT molecular complexity index is 391. The van der Waals surface area contributed by atoms with Gasteiger partial charge in [-0.3, -0.25) is 9.18 Å².